The number of H-pyrrole nitrogens is 1. The van der Waals surface area contributed by atoms with E-state index in [1.165, 1.54) is 17.0 Å². The Bertz CT molecular complexity index is 1100. The number of aromatic amines is 1. The number of rotatable bonds is 4. The third-order valence-electron chi connectivity index (χ3n) is 3.91. The van der Waals surface area contributed by atoms with Crippen LogP contribution in [0.3, 0.4) is 0 Å². The van der Waals surface area contributed by atoms with E-state index in [1.807, 2.05) is 54.6 Å². The maximum absolute atomic E-state index is 12.3. The fraction of sp³-hybridized carbons (Fsp3) is 0.0526. The number of benzene rings is 2. The molecule has 0 aliphatic rings. The van der Waals surface area contributed by atoms with Gasteiger partial charge in [0.1, 0.15) is 6.54 Å². The van der Waals surface area contributed by atoms with Crippen LogP contribution in [0.4, 0.5) is 5.95 Å². The number of carbonyl (C=O) groups is 1. The Hall–Kier alpha value is -3.74. The fourth-order valence-corrected chi connectivity index (χ4v) is 2.65. The summed E-state index contributed by atoms with van der Waals surface area (Å²) in [4.78, 5) is 36.0. The Labute approximate surface area is 148 Å². The first-order valence-corrected chi connectivity index (χ1v) is 8.05. The molecule has 4 rings (SSSR count). The maximum Gasteiger partial charge on any atom is 0.254 e. The van der Waals surface area contributed by atoms with Crippen LogP contribution in [0.5, 0.6) is 0 Å². The van der Waals surface area contributed by atoms with Gasteiger partial charge in [-0.15, -0.1) is 0 Å². The van der Waals surface area contributed by atoms with E-state index in [4.69, 9.17) is 0 Å². The van der Waals surface area contributed by atoms with Crippen molar-refractivity contribution >= 4 is 22.9 Å². The number of imidazole rings is 1. The maximum atomic E-state index is 12.3. The molecule has 0 bridgehead atoms. The first-order chi connectivity index (χ1) is 12.7. The lowest BCUT2D eigenvalue weighted by molar-refractivity contribution is -0.116. The van der Waals surface area contributed by atoms with Crippen molar-refractivity contribution < 1.29 is 4.79 Å². The lowest BCUT2D eigenvalue weighted by Crippen LogP contribution is -2.27. The lowest BCUT2D eigenvalue weighted by Gasteiger charge is -2.06. The number of hydrogen-bond acceptors (Lipinski definition) is 4. The Morgan fingerprint density at radius 1 is 1.08 bits per heavy atom. The molecule has 4 aromatic rings. The van der Waals surface area contributed by atoms with Gasteiger partial charge in [-0.2, -0.15) is 0 Å². The van der Waals surface area contributed by atoms with E-state index in [0.717, 1.165) is 16.6 Å². The number of anilines is 1. The Balaban J connectivity index is 1.49. The van der Waals surface area contributed by atoms with Crippen LogP contribution in [0.2, 0.25) is 0 Å². The van der Waals surface area contributed by atoms with Crippen LogP contribution in [0.1, 0.15) is 0 Å². The summed E-state index contributed by atoms with van der Waals surface area (Å²) in [7, 11) is 0. The molecule has 0 saturated heterocycles. The molecular weight excluding hydrogens is 330 g/mol. The highest BCUT2D eigenvalue weighted by molar-refractivity contribution is 5.90. The van der Waals surface area contributed by atoms with Gasteiger partial charge in [-0.25, -0.2) is 9.97 Å². The van der Waals surface area contributed by atoms with Crippen molar-refractivity contribution in [3.8, 4) is 11.3 Å². The minimum absolute atomic E-state index is 0.141. The summed E-state index contributed by atoms with van der Waals surface area (Å²) in [5, 5.41) is 2.66. The van der Waals surface area contributed by atoms with Crippen molar-refractivity contribution in [3.05, 3.63) is 77.3 Å². The molecule has 0 unspecified atom stereocenters. The van der Waals surface area contributed by atoms with Crippen LogP contribution < -0.4 is 10.9 Å². The molecule has 7 heteroatoms. The zero-order valence-electron chi connectivity index (χ0n) is 13.7. The second kappa shape index (κ2) is 6.64. The van der Waals surface area contributed by atoms with E-state index in [2.05, 4.69) is 20.3 Å². The van der Waals surface area contributed by atoms with Crippen LogP contribution in [0.15, 0.2) is 71.8 Å². The summed E-state index contributed by atoms with van der Waals surface area (Å²) in [6, 6.07) is 18.3. The van der Waals surface area contributed by atoms with E-state index >= 15 is 0 Å². The molecule has 2 N–H and O–H groups in total. The first-order valence-electron chi connectivity index (χ1n) is 8.05. The topological polar surface area (TPSA) is 92.7 Å². The molecule has 0 aliphatic heterocycles. The van der Waals surface area contributed by atoms with E-state index in [-0.39, 0.29) is 18.0 Å². The van der Waals surface area contributed by atoms with E-state index in [9.17, 15) is 9.59 Å². The molecule has 26 heavy (non-hydrogen) atoms. The molecule has 7 nitrogen and oxygen atoms in total. The summed E-state index contributed by atoms with van der Waals surface area (Å²) in [5.74, 6) is -0.0152. The zero-order valence-corrected chi connectivity index (χ0v) is 13.7. The predicted molar refractivity (Wildman–Crippen MR) is 98.7 cm³/mol. The number of aromatic nitrogens is 4. The largest absolute Gasteiger partial charge is 0.324 e. The van der Waals surface area contributed by atoms with Crippen molar-refractivity contribution in [1.82, 2.24) is 19.5 Å². The summed E-state index contributed by atoms with van der Waals surface area (Å²) < 4.78 is 1.25. The number of hydrogen-bond donors (Lipinski definition) is 2. The summed E-state index contributed by atoms with van der Waals surface area (Å²) in [5.41, 5.74) is 2.72. The summed E-state index contributed by atoms with van der Waals surface area (Å²) in [6.45, 7) is -0.141. The van der Waals surface area contributed by atoms with Crippen LogP contribution in [0, 0.1) is 0 Å². The molecule has 2 aromatic carbocycles. The number of fused-ring (bicyclic) bond motifs is 1. The fourth-order valence-electron chi connectivity index (χ4n) is 2.65. The van der Waals surface area contributed by atoms with Gasteiger partial charge >= 0.3 is 0 Å². The molecule has 0 atom stereocenters. The molecule has 0 fully saturated rings. The van der Waals surface area contributed by atoms with Crippen LogP contribution in [-0.2, 0) is 11.3 Å². The molecule has 2 aromatic heterocycles. The van der Waals surface area contributed by atoms with Gasteiger partial charge in [0.05, 0.1) is 23.1 Å². The molecule has 0 spiro atoms. The van der Waals surface area contributed by atoms with Gasteiger partial charge in [0.2, 0.25) is 11.9 Å². The van der Waals surface area contributed by atoms with Crippen molar-refractivity contribution in [3.63, 3.8) is 0 Å². The molecule has 0 aliphatic carbocycles. The van der Waals surface area contributed by atoms with Gasteiger partial charge in [-0.05, 0) is 12.1 Å². The average molecular weight is 345 g/mol. The number of carbonyl (C=O) groups excluding carboxylic acids is 1. The van der Waals surface area contributed by atoms with Gasteiger partial charge in [0.25, 0.3) is 5.56 Å². The Kier molecular flexibility index (Phi) is 4.03. The normalized spacial score (nSPS) is 10.8. The lowest BCUT2D eigenvalue weighted by atomic mass is 10.1. The van der Waals surface area contributed by atoms with Crippen LogP contribution >= 0.6 is 0 Å². The molecule has 128 valence electrons. The standard InChI is InChI=1S/C19H15N5O2/c25-17(23-19-21-14-8-4-5-9-15(14)22-19)11-24-12-20-16(10-18(24)26)13-6-2-1-3-7-13/h1-10,12H,11H2,(H2,21,22,23,25). The SMILES string of the molecule is O=C(Cn1cnc(-c2ccccc2)cc1=O)Nc1nc2ccccc2[nH]1. The number of para-hydroxylation sites is 2. The third kappa shape index (κ3) is 3.23. The quantitative estimate of drug-likeness (QED) is 0.594. The Morgan fingerprint density at radius 3 is 2.62 bits per heavy atom. The van der Waals surface area contributed by atoms with E-state index in [0.29, 0.717) is 11.6 Å². The molecule has 0 radical (unpaired) electrons. The Morgan fingerprint density at radius 2 is 1.85 bits per heavy atom. The third-order valence-corrected chi connectivity index (χ3v) is 3.91. The minimum atomic E-state index is -0.361. The van der Waals surface area contributed by atoms with Gasteiger partial charge in [0.15, 0.2) is 0 Å². The number of nitrogens with zero attached hydrogens (tertiary/aromatic N) is 3. The second-order valence-corrected chi connectivity index (χ2v) is 5.76. The highest BCUT2D eigenvalue weighted by Gasteiger charge is 2.09. The predicted octanol–water partition coefficient (Wildman–Crippen LogP) is 2.43. The first kappa shape index (κ1) is 15.8. The van der Waals surface area contributed by atoms with Gasteiger partial charge in [0, 0.05) is 11.6 Å². The van der Waals surface area contributed by atoms with E-state index in [1.54, 1.807) is 0 Å². The zero-order chi connectivity index (χ0) is 17.9. The highest BCUT2D eigenvalue weighted by atomic mass is 16.2. The average Bonchev–Trinajstić information content (AvgIpc) is 3.06. The molecular formula is C19H15N5O2. The van der Waals surface area contributed by atoms with Crippen molar-refractivity contribution in [2.45, 2.75) is 6.54 Å². The minimum Gasteiger partial charge on any atom is -0.324 e. The smallest absolute Gasteiger partial charge is 0.254 e. The van der Waals surface area contributed by atoms with Gasteiger partial charge in [-0.1, -0.05) is 42.5 Å². The molecule has 2 heterocycles. The van der Waals surface area contributed by atoms with Gasteiger partial charge < -0.3 is 4.98 Å². The highest BCUT2D eigenvalue weighted by Crippen LogP contribution is 2.14. The van der Waals surface area contributed by atoms with Crippen molar-refractivity contribution in [2.75, 3.05) is 5.32 Å². The molecule has 1 amide bonds. The van der Waals surface area contributed by atoms with Gasteiger partial charge in [-0.3, -0.25) is 19.5 Å². The van der Waals surface area contributed by atoms with E-state index < -0.39 is 0 Å². The number of amides is 1. The summed E-state index contributed by atoms with van der Waals surface area (Å²) in [6.07, 6.45) is 1.38. The summed E-state index contributed by atoms with van der Waals surface area (Å²) >= 11 is 0. The monoisotopic (exact) mass is 345 g/mol. The number of nitrogens with one attached hydrogen (secondary N) is 2. The van der Waals surface area contributed by atoms with Crippen LogP contribution in [-0.4, -0.2) is 25.4 Å². The molecule has 0 saturated carbocycles. The van der Waals surface area contributed by atoms with Crippen molar-refractivity contribution in [1.29, 1.82) is 0 Å². The van der Waals surface area contributed by atoms with Crippen LogP contribution in [0.25, 0.3) is 22.3 Å². The second-order valence-electron chi connectivity index (χ2n) is 5.76. The van der Waals surface area contributed by atoms with Crippen molar-refractivity contribution in [2.24, 2.45) is 0 Å².